The zero-order valence-electron chi connectivity index (χ0n) is 10.4. The summed E-state index contributed by atoms with van der Waals surface area (Å²) in [6.07, 6.45) is 0. The van der Waals surface area contributed by atoms with Gasteiger partial charge in [-0.1, -0.05) is 13.8 Å². The lowest BCUT2D eigenvalue weighted by Gasteiger charge is -2.17. The summed E-state index contributed by atoms with van der Waals surface area (Å²) in [5.74, 6) is 1.14. The summed E-state index contributed by atoms with van der Waals surface area (Å²) in [6.45, 7) is 6.17. The summed E-state index contributed by atoms with van der Waals surface area (Å²) in [4.78, 5) is 12.6. The molecule has 2 N–H and O–H groups in total. The molecule has 0 spiro atoms. The van der Waals surface area contributed by atoms with Crippen molar-refractivity contribution in [3.05, 3.63) is 24.3 Å². The van der Waals surface area contributed by atoms with E-state index in [1.54, 1.807) is 24.3 Å². The Kier molecular flexibility index (Phi) is 5.35. The van der Waals surface area contributed by atoms with Crippen molar-refractivity contribution in [2.75, 3.05) is 5.75 Å². The maximum atomic E-state index is 11.6. The number of carbonyl (C=O) groups excluding carboxylic acids is 1. The van der Waals surface area contributed by atoms with E-state index in [2.05, 4.69) is 19.2 Å². The predicted octanol–water partition coefficient (Wildman–Crippen LogP) is 2.65. The molecule has 94 valence electrons. The Bertz CT molecular complexity index is 362. The van der Waals surface area contributed by atoms with Crippen LogP contribution in [0.5, 0.6) is 5.75 Å². The Balaban J connectivity index is 2.35. The highest BCUT2D eigenvalue weighted by molar-refractivity contribution is 8.00. The van der Waals surface area contributed by atoms with Gasteiger partial charge in [0.25, 0.3) is 0 Å². The van der Waals surface area contributed by atoms with Gasteiger partial charge in [-0.15, -0.1) is 11.8 Å². The number of benzene rings is 1. The van der Waals surface area contributed by atoms with E-state index in [9.17, 15) is 4.79 Å². The average molecular weight is 253 g/mol. The van der Waals surface area contributed by atoms with Crippen molar-refractivity contribution in [2.45, 2.75) is 31.7 Å². The number of hydrogen-bond donors (Lipinski definition) is 2. The zero-order valence-corrected chi connectivity index (χ0v) is 11.3. The monoisotopic (exact) mass is 253 g/mol. The van der Waals surface area contributed by atoms with Crippen LogP contribution < -0.4 is 5.32 Å². The second kappa shape index (κ2) is 6.55. The summed E-state index contributed by atoms with van der Waals surface area (Å²) in [5.41, 5.74) is 0. The van der Waals surface area contributed by atoms with Crippen LogP contribution in [0.15, 0.2) is 29.2 Å². The smallest absolute Gasteiger partial charge is 0.230 e. The van der Waals surface area contributed by atoms with Gasteiger partial charge in [-0.2, -0.15) is 0 Å². The Hall–Kier alpha value is -1.16. The van der Waals surface area contributed by atoms with Crippen LogP contribution in [0.2, 0.25) is 0 Å². The van der Waals surface area contributed by atoms with E-state index in [4.69, 9.17) is 5.11 Å². The molecule has 0 aliphatic heterocycles. The number of phenols is 1. The second-order valence-corrected chi connectivity index (χ2v) is 5.43. The molecule has 1 aromatic carbocycles. The molecule has 0 aromatic heterocycles. The molecule has 0 aliphatic carbocycles. The van der Waals surface area contributed by atoms with Gasteiger partial charge in [-0.3, -0.25) is 4.79 Å². The highest BCUT2D eigenvalue weighted by Gasteiger charge is 2.10. The van der Waals surface area contributed by atoms with Crippen molar-refractivity contribution < 1.29 is 9.90 Å². The van der Waals surface area contributed by atoms with E-state index in [0.717, 1.165) is 4.90 Å². The van der Waals surface area contributed by atoms with Crippen LogP contribution in [0.1, 0.15) is 20.8 Å². The molecule has 17 heavy (non-hydrogen) atoms. The number of carbonyl (C=O) groups is 1. The molecule has 0 heterocycles. The first kappa shape index (κ1) is 13.9. The van der Waals surface area contributed by atoms with Gasteiger partial charge in [0.2, 0.25) is 5.91 Å². The van der Waals surface area contributed by atoms with Crippen LogP contribution in [-0.4, -0.2) is 22.8 Å². The van der Waals surface area contributed by atoms with Gasteiger partial charge < -0.3 is 10.4 Å². The molecule has 1 aromatic rings. The van der Waals surface area contributed by atoms with Crippen molar-refractivity contribution in [3.8, 4) is 5.75 Å². The molecule has 0 saturated carbocycles. The van der Waals surface area contributed by atoms with Gasteiger partial charge in [-0.25, -0.2) is 0 Å². The Labute approximate surface area is 107 Å². The molecular weight excluding hydrogens is 234 g/mol. The number of rotatable bonds is 5. The van der Waals surface area contributed by atoms with Crippen molar-refractivity contribution in [2.24, 2.45) is 5.92 Å². The van der Waals surface area contributed by atoms with E-state index in [-0.39, 0.29) is 17.7 Å². The first-order valence-corrected chi connectivity index (χ1v) is 6.69. The van der Waals surface area contributed by atoms with Crippen molar-refractivity contribution >= 4 is 17.7 Å². The highest BCUT2D eigenvalue weighted by Crippen LogP contribution is 2.20. The van der Waals surface area contributed by atoms with Crippen molar-refractivity contribution in [1.29, 1.82) is 0 Å². The van der Waals surface area contributed by atoms with E-state index >= 15 is 0 Å². The molecule has 1 atom stereocenters. The van der Waals surface area contributed by atoms with Crippen LogP contribution in [0, 0.1) is 5.92 Å². The third-order valence-electron chi connectivity index (χ3n) is 2.60. The minimum absolute atomic E-state index is 0.0456. The molecule has 3 nitrogen and oxygen atoms in total. The van der Waals surface area contributed by atoms with E-state index in [0.29, 0.717) is 11.7 Å². The van der Waals surface area contributed by atoms with E-state index in [1.807, 2.05) is 6.92 Å². The molecule has 1 unspecified atom stereocenters. The Morgan fingerprint density at radius 3 is 2.41 bits per heavy atom. The van der Waals surface area contributed by atoms with Crippen LogP contribution in [0.4, 0.5) is 0 Å². The van der Waals surface area contributed by atoms with Gasteiger partial charge in [0.05, 0.1) is 5.75 Å². The average Bonchev–Trinajstić information content (AvgIpc) is 2.28. The van der Waals surface area contributed by atoms with Gasteiger partial charge in [-0.05, 0) is 37.1 Å². The lowest BCUT2D eigenvalue weighted by atomic mass is 10.1. The Morgan fingerprint density at radius 2 is 1.88 bits per heavy atom. The molecule has 0 fully saturated rings. The SMILES string of the molecule is CC(C)C(C)NC(=O)CSc1ccc(O)cc1. The van der Waals surface area contributed by atoms with Crippen LogP contribution in [0.3, 0.4) is 0 Å². The lowest BCUT2D eigenvalue weighted by molar-refractivity contribution is -0.119. The molecule has 0 aliphatic rings. The summed E-state index contributed by atoms with van der Waals surface area (Å²) in [5, 5.41) is 12.1. The minimum atomic E-state index is 0.0456. The molecule has 0 radical (unpaired) electrons. The number of phenolic OH excluding ortho intramolecular Hbond substituents is 1. The fourth-order valence-corrected chi connectivity index (χ4v) is 1.86. The van der Waals surface area contributed by atoms with Crippen molar-refractivity contribution in [3.63, 3.8) is 0 Å². The van der Waals surface area contributed by atoms with Crippen molar-refractivity contribution in [1.82, 2.24) is 5.32 Å². The van der Waals surface area contributed by atoms with E-state index in [1.165, 1.54) is 11.8 Å². The Morgan fingerprint density at radius 1 is 1.29 bits per heavy atom. The normalized spacial score (nSPS) is 12.5. The van der Waals surface area contributed by atoms with Crippen LogP contribution in [0.25, 0.3) is 0 Å². The first-order chi connectivity index (χ1) is 7.99. The minimum Gasteiger partial charge on any atom is -0.508 e. The summed E-state index contributed by atoms with van der Waals surface area (Å²) in [7, 11) is 0. The maximum Gasteiger partial charge on any atom is 0.230 e. The fourth-order valence-electron chi connectivity index (χ4n) is 1.15. The lowest BCUT2D eigenvalue weighted by Crippen LogP contribution is -2.37. The standard InChI is InChI=1S/C13H19NO2S/c1-9(2)10(3)14-13(16)8-17-12-6-4-11(15)5-7-12/h4-7,9-10,15H,8H2,1-3H3,(H,14,16). The van der Waals surface area contributed by atoms with Gasteiger partial charge in [0.15, 0.2) is 0 Å². The van der Waals surface area contributed by atoms with Crippen LogP contribution >= 0.6 is 11.8 Å². The number of nitrogens with one attached hydrogen (secondary N) is 1. The third-order valence-corrected chi connectivity index (χ3v) is 3.61. The second-order valence-electron chi connectivity index (χ2n) is 4.38. The molecule has 1 rings (SSSR count). The zero-order chi connectivity index (χ0) is 12.8. The summed E-state index contributed by atoms with van der Waals surface area (Å²) in [6, 6.07) is 7.05. The quantitative estimate of drug-likeness (QED) is 0.793. The molecule has 0 saturated heterocycles. The van der Waals surface area contributed by atoms with E-state index < -0.39 is 0 Å². The highest BCUT2D eigenvalue weighted by atomic mass is 32.2. The van der Waals surface area contributed by atoms with Gasteiger partial charge in [0, 0.05) is 10.9 Å². The third kappa shape index (κ3) is 5.13. The largest absolute Gasteiger partial charge is 0.508 e. The van der Waals surface area contributed by atoms with Gasteiger partial charge in [0.1, 0.15) is 5.75 Å². The maximum absolute atomic E-state index is 11.6. The first-order valence-electron chi connectivity index (χ1n) is 5.70. The molecule has 1 amide bonds. The molecule has 4 heteroatoms. The summed E-state index contributed by atoms with van der Waals surface area (Å²) >= 11 is 1.47. The number of amides is 1. The van der Waals surface area contributed by atoms with Crippen LogP contribution in [-0.2, 0) is 4.79 Å². The summed E-state index contributed by atoms with van der Waals surface area (Å²) < 4.78 is 0. The number of thioether (sulfide) groups is 1. The predicted molar refractivity (Wildman–Crippen MR) is 71.3 cm³/mol. The topological polar surface area (TPSA) is 49.3 Å². The number of hydrogen-bond acceptors (Lipinski definition) is 3. The molecule has 0 bridgehead atoms. The fraction of sp³-hybridized carbons (Fsp3) is 0.462. The van der Waals surface area contributed by atoms with Gasteiger partial charge >= 0.3 is 0 Å². The number of aromatic hydroxyl groups is 1. The molecular formula is C13H19NO2S.